The van der Waals surface area contributed by atoms with Gasteiger partial charge in [0.1, 0.15) is 17.3 Å². The SMILES string of the molecule is Cc1c(C(F)(F)F)[nH]c2cc(F)cc(F)c2c1=O. The molecule has 0 saturated carbocycles. The maximum atomic E-state index is 13.4. The van der Waals surface area contributed by atoms with Crippen LogP contribution in [-0.2, 0) is 6.18 Å². The summed E-state index contributed by atoms with van der Waals surface area (Å²) in [4.78, 5) is 13.5. The molecule has 0 aliphatic carbocycles. The smallest absolute Gasteiger partial charge is 0.350 e. The molecule has 0 saturated heterocycles. The first-order valence-electron chi connectivity index (χ1n) is 4.80. The molecule has 0 fully saturated rings. The van der Waals surface area contributed by atoms with E-state index in [1.807, 2.05) is 4.98 Å². The Bertz CT molecular complexity index is 686. The Labute approximate surface area is 97.1 Å². The zero-order valence-electron chi connectivity index (χ0n) is 8.95. The summed E-state index contributed by atoms with van der Waals surface area (Å²) in [6.07, 6.45) is -4.79. The quantitative estimate of drug-likeness (QED) is 0.728. The number of halogens is 5. The van der Waals surface area contributed by atoms with Gasteiger partial charge in [-0.05, 0) is 13.0 Å². The molecule has 0 unspecified atom stereocenters. The van der Waals surface area contributed by atoms with E-state index in [9.17, 15) is 26.7 Å². The average molecular weight is 263 g/mol. The lowest BCUT2D eigenvalue weighted by Crippen LogP contribution is -2.19. The third kappa shape index (κ3) is 1.85. The van der Waals surface area contributed by atoms with Gasteiger partial charge in [0.15, 0.2) is 5.43 Å². The Morgan fingerprint density at radius 3 is 2.33 bits per heavy atom. The molecule has 0 spiro atoms. The predicted octanol–water partition coefficient (Wildman–Crippen LogP) is 3.13. The van der Waals surface area contributed by atoms with E-state index < -0.39 is 45.4 Å². The van der Waals surface area contributed by atoms with Crippen molar-refractivity contribution < 1.29 is 22.0 Å². The number of pyridine rings is 1. The zero-order valence-corrected chi connectivity index (χ0v) is 8.95. The number of aromatic amines is 1. The summed E-state index contributed by atoms with van der Waals surface area (Å²) in [5.74, 6) is -2.25. The van der Waals surface area contributed by atoms with Gasteiger partial charge in [0.25, 0.3) is 0 Å². The molecule has 0 atom stereocenters. The molecule has 1 aromatic carbocycles. The first-order chi connectivity index (χ1) is 8.21. The van der Waals surface area contributed by atoms with E-state index >= 15 is 0 Å². The molecule has 0 amide bonds. The number of H-pyrrole nitrogens is 1. The van der Waals surface area contributed by atoms with Gasteiger partial charge in [0.05, 0.1) is 10.9 Å². The van der Waals surface area contributed by atoms with Gasteiger partial charge < -0.3 is 4.98 Å². The van der Waals surface area contributed by atoms with Gasteiger partial charge >= 0.3 is 6.18 Å². The molecule has 7 heteroatoms. The Kier molecular flexibility index (Phi) is 2.64. The fourth-order valence-electron chi connectivity index (χ4n) is 1.72. The first kappa shape index (κ1) is 12.5. The van der Waals surface area contributed by atoms with Gasteiger partial charge in [-0.3, -0.25) is 4.79 Å². The topological polar surface area (TPSA) is 32.9 Å². The van der Waals surface area contributed by atoms with Crippen LogP contribution in [0.5, 0.6) is 0 Å². The Morgan fingerprint density at radius 1 is 1.17 bits per heavy atom. The highest BCUT2D eigenvalue weighted by molar-refractivity contribution is 5.80. The molecule has 1 N–H and O–H groups in total. The Balaban J connectivity index is 2.98. The highest BCUT2D eigenvalue weighted by atomic mass is 19.4. The summed E-state index contributed by atoms with van der Waals surface area (Å²) in [7, 11) is 0. The third-order valence-corrected chi connectivity index (χ3v) is 2.54. The van der Waals surface area contributed by atoms with Crippen molar-refractivity contribution in [2.24, 2.45) is 0 Å². The van der Waals surface area contributed by atoms with E-state index in [1.54, 1.807) is 0 Å². The van der Waals surface area contributed by atoms with Crippen LogP contribution < -0.4 is 5.43 Å². The fraction of sp³-hybridized carbons (Fsp3) is 0.182. The van der Waals surface area contributed by atoms with Crippen molar-refractivity contribution in [1.82, 2.24) is 4.98 Å². The fourth-order valence-corrected chi connectivity index (χ4v) is 1.72. The van der Waals surface area contributed by atoms with E-state index in [0.717, 1.165) is 6.92 Å². The number of aromatic nitrogens is 1. The zero-order chi connectivity index (χ0) is 13.7. The van der Waals surface area contributed by atoms with Gasteiger partial charge in [-0.1, -0.05) is 0 Å². The molecular weight excluding hydrogens is 257 g/mol. The minimum absolute atomic E-state index is 0.449. The van der Waals surface area contributed by atoms with E-state index in [-0.39, 0.29) is 0 Å². The summed E-state index contributed by atoms with van der Waals surface area (Å²) in [6, 6.07) is 1.10. The molecule has 0 aliphatic heterocycles. The Morgan fingerprint density at radius 2 is 1.78 bits per heavy atom. The lowest BCUT2D eigenvalue weighted by Gasteiger charge is -2.11. The van der Waals surface area contributed by atoms with Crippen molar-refractivity contribution in [1.29, 1.82) is 0 Å². The number of hydrogen-bond acceptors (Lipinski definition) is 1. The molecule has 2 rings (SSSR count). The van der Waals surface area contributed by atoms with Crippen molar-refractivity contribution in [3.63, 3.8) is 0 Å². The first-order valence-corrected chi connectivity index (χ1v) is 4.80. The van der Waals surface area contributed by atoms with Crippen LogP contribution in [0.3, 0.4) is 0 Å². The number of alkyl halides is 3. The number of fused-ring (bicyclic) bond motifs is 1. The summed E-state index contributed by atoms with van der Waals surface area (Å²) < 4.78 is 64.1. The average Bonchev–Trinajstić information content (AvgIpc) is 2.20. The summed E-state index contributed by atoms with van der Waals surface area (Å²) >= 11 is 0. The highest BCUT2D eigenvalue weighted by Gasteiger charge is 2.35. The van der Waals surface area contributed by atoms with Crippen LogP contribution in [0, 0.1) is 18.6 Å². The molecule has 0 aliphatic rings. The second kappa shape index (κ2) is 3.79. The number of rotatable bonds is 0. The van der Waals surface area contributed by atoms with Crippen molar-refractivity contribution in [2.45, 2.75) is 13.1 Å². The molecule has 0 bridgehead atoms. The van der Waals surface area contributed by atoms with Crippen molar-refractivity contribution in [2.75, 3.05) is 0 Å². The van der Waals surface area contributed by atoms with Crippen molar-refractivity contribution in [3.8, 4) is 0 Å². The normalized spacial score (nSPS) is 12.1. The minimum atomic E-state index is -4.79. The second-order valence-corrected chi connectivity index (χ2v) is 3.76. The maximum Gasteiger partial charge on any atom is 0.431 e. The summed E-state index contributed by atoms with van der Waals surface area (Å²) in [5.41, 5.74) is -3.57. The molecule has 1 heterocycles. The van der Waals surface area contributed by atoms with E-state index in [0.29, 0.717) is 12.1 Å². The van der Waals surface area contributed by atoms with Crippen molar-refractivity contribution in [3.05, 3.63) is 45.2 Å². The summed E-state index contributed by atoms with van der Waals surface area (Å²) in [6.45, 7) is 0.934. The molecule has 18 heavy (non-hydrogen) atoms. The van der Waals surface area contributed by atoms with Gasteiger partial charge in [-0.25, -0.2) is 8.78 Å². The molecule has 2 nitrogen and oxygen atoms in total. The molecule has 0 radical (unpaired) electrons. The van der Waals surface area contributed by atoms with E-state index in [2.05, 4.69) is 0 Å². The lowest BCUT2D eigenvalue weighted by atomic mass is 10.1. The van der Waals surface area contributed by atoms with Crippen LogP contribution in [0.15, 0.2) is 16.9 Å². The van der Waals surface area contributed by atoms with Crippen LogP contribution in [0.1, 0.15) is 11.3 Å². The van der Waals surface area contributed by atoms with Crippen LogP contribution in [0.25, 0.3) is 10.9 Å². The number of benzene rings is 1. The molecule has 96 valence electrons. The number of hydrogen-bond donors (Lipinski definition) is 1. The standard InChI is InChI=1S/C11H6F5NO/c1-4-9(18)8-6(13)2-5(12)3-7(8)17-10(4)11(14,15)16/h2-3H,1H3,(H,17,18). The highest BCUT2D eigenvalue weighted by Crippen LogP contribution is 2.30. The van der Waals surface area contributed by atoms with Crippen molar-refractivity contribution >= 4 is 10.9 Å². The van der Waals surface area contributed by atoms with E-state index in [1.165, 1.54) is 0 Å². The largest absolute Gasteiger partial charge is 0.431 e. The predicted molar refractivity (Wildman–Crippen MR) is 54.2 cm³/mol. The maximum absolute atomic E-state index is 13.4. The van der Waals surface area contributed by atoms with E-state index in [4.69, 9.17) is 0 Å². The molecular formula is C11H6F5NO. The van der Waals surface area contributed by atoms with Gasteiger partial charge in [-0.15, -0.1) is 0 Å². The van der Waals surface area contributed by atoms with Crippen LogP contribution in [-0.4, -0.2) is 4.98 Å². The second-order valence-electron chi connectivity index (χ2n) is 3.76. The third-order valence-electron chi connectivity index (χ3n) is 2.54. The molecule has 2 aromatic rings. The van der Waals surface area contributed by atoms with Crippen LogP contribution in [0.4, 0.5) is 22.0 Å². The molecule has 1 aromatic heterocycles. The minimum Gasteiger partial charge on any atom is -0.350 e. The van der Waals surface area contributed by atoms with Crippen LogP contribution in [0.2, 0.25) is 0 Å². The van der Waals surface area contributed by atoms with Gasteiger partial charge in [0, 0.05) is 11.6 Å². The lowest BCUT2D eigenvalue weighted by molar-refractivity contribution is -0.141. The monoisotopic (exact) mass is 263 g/mol. The number of nitrogens with one attached hydrogen (secondary N) is 1. The Hall–Kier alpha value is -1.92. The van der Waals surface area contributed by atoms with Crippen LogP contribution >= 0.6 is 0 Å². The van der Waals surface area contributed by atoms with Gasteiger partial charge in [-0.2, -0.15) is 13.2 Å². The summed E-state index contributed by atoms with van der Waals surface area (Å²) in [5, 5.41) is -0.582. The van der Waals surface area contributed by atoms with Gasteiger partial charge in [0.2, 0.25) is 0 Å².